The lowest BCUT2D eigenvalue weighted by Gasteiger charge is -2.35. The number of hydrogen-bond acceptors (Lipinski definition) is 6. The molecule has 1 atom stereocenters. The molecule has 40 heavy (non-hydrogen) atoms. The highest BCUT2D eigenvalue weighted by atomic mass is 32.2. The Morgan fingerprint density at radius 2 is 1.82 bits per heavy atom. The first-order valence-corrected chi connectivity index (χ1v) is 14.1. The number of thioether (sulfide) groups is 1. The smallest absolute Gasteiger partial charge is 0.416 e. The van der Waals surface area contributed by atoms with Gasteiger partial charge in [-0.3, -0.25) is 9.36 Å². The third-order valence-electron chi connectivity index (χ3n) is 6.39. The van der Waals surface area contributed by atoms with E-state index in [1.807, 2.05) is 6.07 Å². The number of nitrogens with zero attached hydrogens (tertiary/aromatic N) is 3. The minimum absolute atomic E-state index is 0.0210. The van der Waals surface area contributed by atoms with Crippen LogP contribution in [0, 0.1) is 0 Å². The van der Waals surface area contributed by atoms with E-state index in [1.54, 1.807) is 56.2 Å². The lowest BCUT2D eigenvalue weighted by Crippen LogP contribution is -2.45. The maximum Gasteiger partial charge on any atom is 0.416 e. The lowest BCUT2D eigenvalue weighted by molar-refractivity contribution is -0.137. The quantitative estimate of drug-likeness (QED) is 0.238. The molecule has 1 fully saturated rings. The van der Waals surface area contributed by atoms with E-state index in [9.17, 15) is 22.8 Å². The number of alkyl halides is 3. The number of piperidine rings is 1. The van der Waals surface area contributed by atoms with Crippen molar-refractivity contribution in [3.63, 3.8) is 0 Å². The molecule has 0 bridgehead atoms. The average Bonchev–Trinajstić information content (AvgIpc) is 2.91. The van der Waals surface area contributed by atoms with Gasteiger partial charge in [-0.1, -0.05) is 42.1 Å². The zero-order valence-corrected chi connectivity index (χ0v) is 23.6. The largest absolute Gasteiger partial charge is 0.488 e. The molecule has 2 aromatic carbocycles. The number of benzene rings is 2. The Hall–Kier alpha value is -3.47. The van der Waals surface area contributed by atoms with E-state index in [1.165, 1.54) is 28.6 Å². The van der Waals surface area contributed by atoms with Crippen LogP contribution in [0.25, 0.3) is 11.1 Å². The number of hydrogen-bond donors (Lipinski definition) is 0. The lowest BCUT2D eigenvalue weighted by atomic mass is 10.0. The molecule has 0 spiro atoms. The zero-order valence-electron chi connectivity index (χ0n) is 22.8. The summed E-state index contributed by atoms with van der Waals surface area (Å²) in [6.07, 6.45) is -0.602. The molecule has 0 unspecified atom stereocenters. The number of rotatable bonds is 6. The van der Waals surface area contributed by atoms with Crippen LogP contribution in [-0.4, -0.2) is 45.5 Å². The van der Waals surface area contributed by atoms with E-state index < -0.39 is 29.0 Å². The molecule has 1 saturated heterocycles. The fourth-order valence-corrected chi connectivity index (χ4v) is 5.13. The van der Waals surface area contributed by atoms with Crippen LogP contribution >= 0.6 is 11.8 Å². The Bertz CT molecular complexity index is 1400. The summed E-state index contributed by atoms with van der Waals surface area (Å²) >= 11 is 1.28. The molecule has 0 aliphatic carbocycles. The standard InChI is InChI=1S/C29H32F3N3O4S/c1-28(2,3)39-27(37)34-14-8-11-21(17-34)35-25(36)23(16-33-26(35)40-4)22-13-12-20(29(30,31)32)15-24(22)38-18-19-9-6-5-7-10-19/h5-7,9-10,12-13,15-16,21H,8,11,14,17-18H2,1-4H3/t21-/m1/s1. The summed E-state index contributed by atoms with van der Waals surface area (Å²) in [5.41, 5.74) is -0.866. The summed E-state index contributed by atoms with van der Waals surface area (Å²) in [4.78, 5) is 32.8. The van der Waals surface area contributed by atoms with Gasteiger partial charge in [-0.05, 0) is 63.6 Å². The molecular weight excluding hydrogens is 543 g/mol. The molecule has 1 amide bonds. The van der Waals surface area contributed by atoms with Gasteiger partial charge >= 0.3 is 12.3 Å². The van der Waals surface area contributed by atoms with E-state index in [0.29, 0.717) is 24.5 Å². The van der Waals surface area contributed by atoms with E-state index in [4.69, 9.17) is 9.47 Å². The first kappa shape index (κ1) is 29.5. The van der Waals surface area contributed by atoms with Gasteiger partial charge in [0.1, 0.15) is 18.0 Å². The maximum atomic E-state index is 14.0. The number of ether oxygens (including phenoxy) is 2. The van der Waals surface area contributed by atoms with Crippen molar-refractivity contribution in [3.8, 4) is 16.9 Å². The number of carbonyl (C=O) groups is 1. The minimum Gasteiger partial charge on any atom is -0.488 e. The average molecular weight is 576 g/mol. The molecular formula is C29H32F3N3O4S. The molecule has 1 aliphatic rings. The van der Waals surface area contributed by atoms with E-state index >= 15 is 0 Å². The third-order valence-corrected chi connectivity index (χ3v) is 7.06. The highest BCUT2D eigenvalue weighted by Gasteiger charge is 2.33. The van der Waals surface area contributed by atoms with Gasteiger partial charge in [-0.2, -0.15) is 13.2 Å². The molecule has 11 heteroatoms. The van der Waals surface area contributed by atoms with E-state index in [-0.39, 0.29) is 36.1 Å². The van der Waals surface area contributed by atoms with Gasteiger partial charge in [0.25, 0.3) is 5.56 Å². The fourth-order valence-electron chi connectivity index (χ4n) is 4.55. The van der Waals surface area contributed by atoms with Gasteiger partial charge in [0, 0.05) is 24.8 Å². The predicted molar refractivity (Wildman–Crippen MR) is 148 cm³/mol. The van der Waals surface area contributed by atoms with Gasteiger partial charge < -0.3 is 14.4 Å². The Morgan fingerprint density at radius 3 is 2.48 bits per heavy atom. The van der Waals surface area contributed by atoms with Crippen LogP contribution in [0.15, 0.2) is 64.7 Å². The molecule has 1 aromatic heterocycles. The second kappa shape index (κ2) is 12.0. The van der Waals surface area contributed by atoms with Gasteiger partial charge in [0.2, 0.25) is 0 Å². The first-order valence-electron chi connectivity index (χ1n) is 12.9. The van der Waals surface area contributed by atoms with Crippen LogP contribution < -0.4 is 10.3 Å². The Morgan fingerprint density at radius 1 is 1.10 bits per heavy atom. The van der Waals surface area contributed by atoms with Crippen LogP contribution in [0.5, 0.6) is 5.75 Å². The van der Waals surface area contributed by atoms with Crippen LogP contribution in [0.2, 0.25) is 0 Å². The topological polar surface area (TPSA) is 73.7 Å². The molecule has 214 valence electrons. The van der Waals surface area contributed by atoms with Gasteiger partial charge in [0.15, 0.2) is 5.16 Å². The summed E-state index contributed by atoms with van der Waals surface area (Å²) in [5.74, 6) is -0.0694. The predicted octanol–water partition coefficient (Wildman–Crippen LogP) is 6.80. The van der Waals surface area contributed by atoms with Crippen molar-refractivity contribution in [2.24, 2.45) is 0 Å². The molecule has 0 saturated carbocycles. The molecule has 3 aromatic rings. The SMILES string of the molecule is CSc1ncc(-c2ccc(C(F)(F)F)cc2OCc2ccccc2)c(=O)n1[C@@H]1CCCN(C(=O)OC(C)(C)C)C1. The van der Waals surface area contributed by atoms with Crippen LogP contribution in [-0.2, 0) is 17.5 Å². The zero-order chi connectivity index (χ0) is 29.1. The summed E-state index contributed by atoms with van der Waals surface area (Å²) < 4.78 is 53.6. The Labute approximate surface area is 235 Å². The summed E-state index contributed by atoms with van der Waals surface area (Å²) in [5, 5.41) is 0.448. The van der Waals surface area contributed by atoms with Crippen molar-refractivity contribution in [2.45, 2.75) is 63.2 Å². The van der Waals surface area contributed by atoms with E-state index in [0.717, 1.165) is 17.7 Å². The van der Waals surface area contributed by atoms with Gasteiger partial charge in [0.05, 0.1) is 17.2 Å². The molecule has 0 radical (unpaired) electrons. The summed E-state index contributed by atoms with van der Waals surface area (Å²) in [6, 6.07) is 11.8. The highest BCUT2D eigenvalue weighted by Crippen LogP contribution is 2.37. The monoisotopic (exact) mass is 575 g/mol. The Balaban J connectivity index is 1.73. The third kappa shape index (κ3) is 6.99. The van der Waals surface area contributed by atoms with Crippen LogP contribution in [0.4, 0.5) is 18.0 Å². The highest BCUT2D eigenvalue weighted by molar-refractivity contribution is 7.98. The van der Waals surface area contributed by atoms with Crippen molar-refractivity contribution >= 4 is 17.9 Å². The van der Waals surface area contributed by atoms with Crippen molar-refractivity contribution < 1.29 is 27.4 Å². The fraction of sp³-hybridized carbons (Fsp3) is 0.414. The van der Waals surface area contributed by atoms with Crippen molar-refractivity contribution in [1.29, 1.82) is 0 Å². The number of carbonyl (C=O) groups excluding carboxylic acids is 1. The van der Waals surface area contributed by atoms with Gasteiger partial charge in [-0.25, -0.2) is 9.78 Å². The molecule has 1 aliphatic heterocycles. The summed E-state index contributed by atoms with van der Waals surface area (Å²) in [6.45, 7) is 6.13. The second-order valence-electron chi connectivity index (χ2n) is 10.5. The number of likely N-dealkylation sites (tertiary alicyclic amines) is 1. The minimum atomic E-state index is -4.59. The molecule has 0 N–H and O–H groups in total. The van der Waals surface area contributed by atoms with Crippen molar-refractivity contribution in [1.82, 2.24) is 14.5 Å². The summed E-state index contributed by atoms with van der Waals surface area (Å²) in [7, 11) is 0. The van der Waals surface area contributed by atoms with Crippen LogP contribution in [0.1, 0.15) is 50.8 Å². The van der Waals surface area contributed by atoms with Crippen molar-refractivity contribution in [3.05, 3.63) is 76.2 Å². The number of amides is 1. The maximum absolute atomic E-state index is 14.0. The molecule has 4 rings (SSSR count). The van der Waals surface area contributed by atoms with Crippen LogP contribution in [0.3, 0.4) is 0 Å². The Kier molecular flexibility index (Phi) is 8.82. The van der Waals surface area contributed by atoms with Gasteiger partial charge in [-0.15, -0.1) is 0 Å². The number of aromatic nitrogens is 2. The van der Waals surface area contributed by atoms with Crippen molar-refractivity contribution in [2.75, 3.05) is 19.3 Å². The second-order valence-corrected chi connectivity index (χ2v) is 11.3. The first-order chi connectivity index (χ1) is 18.9. The normalized spacial score (nSPS) is 16.1. The van der Waals surface area contributed by atoms with E-state index in [2.05, 4.69) is 4.98 Å². The number of halogens is 3. The molecule has 7 nitrogen and oxygen atoms in total. The molecule has 2 heterocycles.